The number of piperidine rings is 1. The lowest BCUT2D eigenvalue weighted by atomic mass is 9.92. The lowest BCUT2D eigenvalue weighted by molar-refractivity contribution is -0.130. The molecule has 1 saturated heterocycles. The van der Waals surface area contributed by atoms with E-state index >= 15 is 0 Å². The van der Waals surface area contributed by atoms with Crippen molar-refractivity contribution >= 4 is 34.1 Å². The molecule has 116 valence electrons. The maximum absolute atomic E-state index is 12.3. The van der Waals surface area contributed by atoms with Gasteiger partial charge < -0.3 is 10.2 Å². The lowest BCUT2D eigenvalue weighted by Gasteiger charge is -2.34. The van der Waals surface area contributed by atoms with E-state index in [0.717, 1.165) is 22.6 Å². The Kier molecular flexibility index (Phi) is 6.05. The van der Waals surface area contributed by atoms with Gasteiger partial charge in [0.1, 0.15) is 0 Å². The Morgan fingerprint density at radius 2 is 2.19 bits per heavy atom. The van der Waals surface area contributed by atoms with Gasteiger partial charge in [-0.15, -0.1) is 16.8 Å². The van der Waals surface area contributed by atoms with Gasteiger partial charge >= 0.3 is 0 Å². The number of aromatic nitrogens is 2. The maximum atomic E-state index is 12.3. The minimum absolute atomic E-state index is 0.203. The number of hydrogen-bond donors (Lipinski definition) is 1. The van der Waals surface area contributed by atoms with Crippen molar-refractivity contribution in [3.63, 3.8) is 0 Å². The average Bonchev–Trinajstić information content (AvgIpc) is 2.89. The van der Waals surface area contributed by atoms with E-state index in [1.807, 2.05) is 4.90 Å². The second-order valence-electron chi connectivity index (χ2n) is 5.58. The van der Waals surface area contributed by atoms with Crippen molar-refractivity contribution in [2.75, 3.05) is 30.7 Å². The Bertz CT molecular complexity index is 481. The summed E-state index contributed by atoms with van der Waals surface area (Å²) in [7, 11) is 0. The van der Waals surface area contributed by atoms with Crippen molar-refractivity contribution in [1.29, 1.82) is 0 Å². The lowest BCUT2D eigenvalue weighted by Crippen LogP contribution is -2.43. The number of anilines is 1. The number of carbonyl (C=O) groups excluding carboxylic acids is 1. The monoisotopic (exact) mass is 326 g/mol. The highest BCUT2D eigenvalue weighted by Crippen LogP contribution is 2.27. The molecule has 1 fully saturated rings. The Morgan fingerprint density at radius 1 is 1.48 bits per heavy atom. The number of nitrogens with zero attached hydrogens (tertiary/aromatic N) is 3. The van der Waals surface area contributed by atoms with E-state index in [1.165, 1.54) is 29.5 Å². The molecule has 0 aromatic carbocycles. The summed E-state index contributed by atoms with van der Waals surface area (Å²) < 4.78 is 0.827. The molecule has 0 unspecified atom stereocenters. The highest BCUT2D eigenvalue weighted by atomic mass is 32.2. The first kappa shape index (κ1) is 16.3. The van der Waals surface area contributed by atoms with Crippen LogP contribution in [-0.4, -0.2) is 46.4 Å². The molecule has 5 nitrogen and oxygen atoms in total. The fraction of sp³-hybridized carbons (Fsp3) is 0.643. The van der Waals surface area contributed by atoms with E-state index in [4.69, 9.17) is 0 Å². The number of likely N-dealkylation sites (tertiary alicyclic amines) is 1. The largest absolute Gasteiger partial charge is 0.357 e. The highest BCUT2D eigenvalue weighted by Gasteiger charge is 2.25. The predicted octanol–water partition coefficient (Wildman–Crippen LogP) is 2.73. The first-order chi connectivity index (χ1) is 10.1. The number of carbonyl (C=O) groups is 1. The van der Waals surface area contributed by atoms with Crippen LogP contribution in [0.4, 0.5) is 5.13 Å². The van der Waals surface area contributed by atoms with Crippen molar-refractivity contribution in [3.8, 4) is 0 Å². The molecule has 0 aliphatic carbocycles. The third-order valence-electron chi connectivity index (χ3n) is 3.34. The summed E-state index contributed by atoms with van der Waals surface area (Å²) in [6.45, 7) is 10.5. The van der Waals surface area contributed by atoms with E-state index in [9.17, 15) is 4.79 Å². The summed E-state index contributed by atoms with van der Waals surface area (Å²) in [5.41, 5.74) is 0. The van der Waals surface area contributed by atoms with Gasteiger partial charge in [-0.3, -0.25) is 4.79 Å². The van der Waals surface area contributed by atoms with Crippen molar-refractivity contribution in [2.45, 2.75) is 24.6 Å². The first-order valence-corrected chi connectivity index (χ1v) is 8.97. The number of amides is 1. The van der Waals surface area contributed by atoms with Crippen molar-refractivity contribution in [2.24, 2.45) is 11.8 Å². The van der Waals surface area contributed by atoms with E-state index < -0.39 is 0 Å². The molecule has 21 heavy (non-hydrogen) atoms. The van der Waals surface area contributed by atoms with Crippen LogP contribution in [0.5, 0.6) is 0 Å². The Labute approximate surface area is 134 Å². The average molecular weight is 326 g/mol. The standard InChI is InChI=1S/C14H22N4OS2/c1-4-5-15-13-16-17-14(21-13)20-9-12(19)18-7-10(2)6-11(3)8-18/h4,10-11H,1,5-9H2,2-3H3,(H,15,16)/t10-,11-/m1/s1. The van der Waals surface area contributed by atoms with Crippen molar-refractivity contribution < 1.29 is 4.79 Å². The van der Waals surface area contributed by atoms with Crippen LogP contribution >= 0.6 is 23.1 Å². The van der Waals surface area contributed by atoms with Gasteiger partial charge in [0.2, 0.25) is 11.0 Å². The zero-order chi connectivity index (χ0) is 15.2. The minimum Gasteiger partial charge on any atom is -0.357 e. The van der Waals surface area contributed by atoms with Crippen LogP contribution in [-0.2, 0) is 4.79 Å². The number of thioether (sulfide) groups is 1. The molecule has 1 amide bonds. The van der Waals surface area contributed by atoms with Gasteiger partial charge in [0, 0.05) is 19.6 Å². The Hall–Kier alpha value is -1.08. The number of nitrogens with one attached hydrogen (secondary N) is 1. The normalized spacial score (nSPS) is 22.1. The zero-order valence-electron chi connectivity index (χ0n) is 12.5. The van der Waals surface area contributed by atoms with Gasteiger partial charge in [-0.05, 0) is 18.3 Å². The zero-order valence-corrected chi connectivity index (χ0v) is 14.2. The van der Waals surface area contributed by atoms with E-state index in [0.29, 0.717) is 24.1 Å². The van der Waals surface area contributed by atoms with Crippen LogP contribution in [0, 0.1) is 11.8 Å². The molecule has 0 spiro atoms. The van der Waals surface area contributed by atoms with Crippen LogP contribution in [0.15, 0.2) is 17.0 Å². The first-order valence-electron chi connectivity index (χ1n) is 7.17. The predicted molar refractivity (Wildman–Crippen MR) is 88.8 cm³/mol. The summed E-state index contributed by atoms with van der Waals surface area (Å²) in [5.74, 6) is 1.84. The van der Waals surface area contributed by atoms with Gasteiger partial charge in [-0.1, -0.05) is 43.0 Å². The third kappa shape index (κ3) is 5.00. The topological polar surface area (TPSA) is 58.1 Å². The summed E-state index contributed by atoms with van der Waals surface area (Å²) in [6.07, 6.45) is 2.99. The second-order valence-corrected chi connectivity index (χ2v) is 7.78. The highest BCUT2D eigenvalue weighted by molar-refractivity contribution is 8.01. The van der Waals surface area contributed by atoms with Crippen molar-refractivity contribution in [3.05, 3.63) is 12.7 Å². The molecule has 0 radical (unpaired) electrons. The molecule has 1 aliphatic heterocycles. The number of hydrogen-bond acceptors (Lipinski definition) is 6. The van der Waals surface area contributed by atoms with E-state index in [2.05, 4.69) is 35.9 Å². The van der Waals surface area contributed by atoms with Crippen LogP contribution in [0.1, 0.15) is 20.3 Å². The summed E-state index contributed by atoms with van der Waals surface area (Å²) in [6, 6.07) is 0. The van der Waals surface area contributed by atoms with Crippen LogP contribution in [0.25, 0.3) is 0 Å². The van der Waals surface area contributed by atoms with Crippen molar-refractivity contribution in [1.82, 2.24) is 15.1 Å². The van der Waals surface area contributed by atoms with E-state index in [-0.39, 0.29) is 5.91 Å². The van der Waals surface area contributed by atoms with Crippen LogP contribution < -0.4 is 5.32 Å². The Balaban J connectivity index is 1.80. The maximum Gasteiger partial charge on any atom is 0.233 e. The smallest absolute Gasteiger partial charge is 0.233 e. The Morgan fingerprint density at radius 3 is 2.86 bits per heavy atom. The van der Waals surface area contributed by atoms with Gasteiger partial charge in [0.25, 0.3) is 0 Å². The van der Waals surface area contributed by atoms with Crippen LogP contribution in [0.2, 0.25) is 0 Å². The van der Waals surface area contributed by atoms with Gasteiger partial charge in [0.05, 0.1) is 5.75 Å². The quantitative estimate of drug-likeness (QED) is 0.643. The third-order valence-corrected chi connectivity index (χ3v) is 5.34. The molecular weight excluding hydrogens is 304 g/mol. The SMILES string of the molecule is C=CCNc1nnc(SCC(=O)N2C[C@H](C)C[C@@H](C)C2)s1. The number of rotatable bonds is 6. The summed E-state index contributed by atoms with van der Waals surface area (Å²) in [5, 5.41) is 12.0. The fourth-order valence-corrected chi connectivity index (χ4v) is 4.24. The molecule has 1 aromatic heterocycles. The minimum atomic E-state index is 0.203. The van der Waals surface area contributed by atoms with E-state index in [1.54, 1.807) is 6.08 Å². The molecule has 2 rings (SSSR count). The molecule has 7 heteroatoms. The molecule has 1 aliphatic rings. The molecule has 0 bridgehead atoms. The molecule has 1 aromatic rings. The summed E-state index contributed by atoms with van der Waals surface area (Å²) in [4.78, 5) is 14.3. The van der Waals surface area contributed by atoms with Gasteiger partial charge in [-0.2, -0.15) is 0 Å². The van der Waals surface area contributed by atoms with Gasteiger partial charge in [0.15, 0.2) is 4.34 Å². The van der Waals surface area contributed by atoms with Gasteiger partial charge in [-0.25, -0.2) is 0 Å². The van der Waals surface area contributed by atoms with Crippen LogP contribution in [0.3, 0.4) is 0 Å². The summed E-state index contributed by atoms with van der Waals surface area (Å²) >= 11 is 2.94. The molecule has 2 heterocycles. The fourth-order valence-electron chi connectivity index (χ4n) is 2.58. The molecule has 1 N–H and O–H groups in total. The molecule has 0 saturated carbocycles. The molecule has 2 atom stereocenters. The molecular formula is C14H22N4OS2. The second kappa shape index (κ2) is 7.79.